The first-order valence-corrected chi connectivity index (χ1v) is 8.47. The van der Waals surface area contributed by atoms with E-state index in [0.29, 0.717) is 5.56 Å². The SMILES string of the molecule is CNC(c1cc(F)cc(F)c1)c1cc2c(s1)CCSC2. The molecule has 1 aliphatic heterocycles. The maximum Gasteiger partial charge on any atom is 0.126 e. The first kappa shape index (κ1) is 14.0. The lowest BCUT2D eigenvalue weighted by Crippen LogP contribution is -2.16. The number of fused-ring (bicyclic) bond motifs is 1. The molecule has 0 radical (unpaired) electrons. The highest BCUT2D eigenvalue weighted by molar-refractivity contribution is 7.98. The molecule has 1 aliphatic rings. The van der Waals surface area contributed by atoms with Crippen LogP contribution < -0.4 is 5.32 Å². The minimum absolute atomic E-state index is 0.152. The van der Waals surface area contributed by atoms with E-state index in [0.717, 1.165) is 28.9 Å². The molecule has 1 aromatic heterocycles. The zero-order valence-electron chi connectivity index (χ0n) is 11.1. The first-order valence-electron chi connectivity index (χ1n) is 6.50. The molecule has 20 heavy (non-hydrogen) atoms. The summed E-state index contributed by atoms with van der Waals surface area (Å²) < 4.78 is 26.8. The summed E-state index contributed by atoms with van der Waals surface area (Å²) in [6.07, 6.45) is 1.10. The molecule has 2 heterocycles. The maximum atomic E-state index is 13.4. The third-order valence-corrected chi connectivity index (χ3v) is 5.75. The molecule has 1 nitrogen and oxygen atoms in total. The zero-order chi connectivity index (χ0) is 14.1. The lowest BCUT2D eigenvalue weighted by molar-refractivity contribution is 0.572. The number of nitrogens with one attached hydrogen (secondary N) is 1. The Balaban J connectivity index is 1.98. The van der Waals surface area contributed by atoms with Gasteiger partial charge in [-0.25, -0.2) is 8.78 Å². The molecule has 1 aromatic carbocycles. The third-order valence-electron chi connectivity index (χ3n) is 3.44. The largest absolute Gasteiger partial charge is 0.309 e. The van der Waals surface area contributed by atoms with Gasteiger partial charge in [0.1, 0.15) is 11.6 Å². The van der Waals surface area contributed by atoms with Crippen LogP contribution in [0.25, 0.3) is 0 Å². The van der Waals surface area contributed by atoms with Crippen molar-refractivity contribution in [1.82, 2.24) is 5.32 Å². The molecule has 5 heteroatoms. The van der Waals surface area contributed by atoms with E-state index in [1.165, 1.54) is 22.6 Å². The van der Waals surface area contributed by atoms with Crippen LogP contribution in [0, 0.1) is 11.6 Å². The molecule has 0 amide bonds. The quantitative estimate of drug-likeness (QED) is 0.915. The van der Waals surface area contributed by atoms with Crippen molar-refractivity contribution in [1.29, 1.82) is 0 Å². The fraction of sp³-hybridized carbons (Fsp3) is 0.333. The molecule has 1 atom stereocenters. The number of hydrogen-bond acceptors (Lipinski definition) is 3. The van der Waals surface area contributed by atoms with Crippen LogP contribution in [0.4, 0.5) is 8.78 Å². The van der Waals surface area contributed by atoms with E-state index >= 15 is 0 Å². The van der Waals surface area contributed by atoms with Crippen molar-refractivity contribution in [3.05, 3.63) is 56.8 Å². The molecule has 0 saturated carbocycles. The Kier molecular flexibility index (Phi) is 4.10. The van der Waals surface area contributed by atoms with Crippen LogP contribution in [0.1, 0.15) is 26.9 Å². The predicted molar refractivity (Wildman–Crippen MR) is 81.4 cm³/mol. The van der Waals surface area contributed by atoms with Crippen molar-refractivity contribution in [3.8, 4) is 0 Å². The monoisotopic (exact) mass is 311 g/mol. The molecule has 3 rings (SSSR count). The van der Waals surface area contributed by atoms with Crippen molar-refractivity contribution in [3.63, 3.8) is 0 Å². The predicted octanol–water partition coefficient (Wildman–Crippen LogP) is 4.12. The van der Waals surface area contributed by atoms with E-state index in [2.05, 4.69) is 11.4 Å². The van der Waals surface area contributed by atoms with E-state index in [1.54, 1.807) is 11.3 Å². The fourth-order valence-corrected chi connectivity index (χ4v) is 5.04. The number of benzene rings is 1. The van der Waals surface area contributed by atoms with Gasteiger partial charge in [-0.05, 0) is 48.5 Å². The minimum atomic E-state index is -0.530. The number of aryl methyl sites for hydroxylation is 1. The molecule has 106 valence electrons. The van der Waals surface area contributed by atoms with Crippen molar-refractivity contribution in [2.24, 2.45) is 0 Å². The molecule has 0 spiro atoms. The molecule has 0 fully saturated rings. The van der Waals surface area contributed by atoms with Gasteiger partial charge in [-0.2, -0.15) is 11.8 Å². The van der Waals surface area contributed by atoms with Gasteiger partial charge in [-0.15, -0.1) is 11.3 Å². The Labute approximate surface area is 125 Å². The standard InChI is InChI=1S/C15H15F2NS2/c1-18-15(9-4-11(16)7-12(17)5-9)14-6-10-8-19-3-2-13(10)20-14/h4-7,15,18H,2-3,8H2,1H3. The highest BCUT2D eigenvalue weighted by Gasteiger charge is 2.20. The van der Waals surface area contributed by atoms with Gasteiger partial charge in [-0.1, -0.05) is 0 Å². The lowest BCUT2D eigenvalue weighted by atomic mass is 10.0. The average molecular weight is 311 g/mol. The Morgan fingerprint density at radius 2 is 1.90 bits per heavy atom. The lowest BCUT2D eigenvalue weighted by Gasteiger charge is -2.15. The van der Waals surface area contributed by atoms with Gasteiger partial charge in [-0.3, -0.25) is 0 Å². The second-order valence-corrected chi connectivity index (χ2v) is 7.10. The van der Waals surface area contributed by atoms with Crippen LogP contribution >= 0.6 is 23.1 Å². The van der Waals surface area contributed by atoms with E-state index in [1.807, 2.05) is 18.8 Å². The second kappa shape index (κ2) is 5.84. The summed E-state index contributed by atoms with van der Waals surface area (Å²) in [4.78, 5) is 2.54. The van der Waals surface area contributed by atoms with Gasteiger partial charge in [0.15, 0.2) is 0 Å². The summed E-state index contributed by atoms with van der Waals surface area (Å²) in [7, 11) is 1.82. The summed E-state index contributed by atoms with van der Waals surface area (Å²) in [5, 5.41) is 3.17. The van der Waals surface area contributed by atoms with E-state index in [9.17, 15) is 8.78 Å². The van der Waals surface area contributed by atoms with Crippen molar-refractivity contribution in [2.45, 2.75) is 18.2 Å². The van der Waals surface area contributed by atoms with Gasteiger partial charge in [0.2, 0.25) is 0 Å². The molecule has 0 aliphatic carbocycles. The molecule has 1 N–H and O–H groups in total. The van der Waals surface area contributed by atoms with E-state index < -0.39 is 11.6 Å². The van der Waals surface area contributed by atoms with Gasteiger partial charge in [0.25, 0.3) is 0 Å². The highest BCUT2D eigenvalue weighted by Crippen LogP contribution is 2.36. The fourth-order valence-electron chi connectivity index (χ4n) is 2.53. The molecule has 0 saturated heterocycles. The maximum absolute atomic E-state index is 13.4. The Hall–Kier alpha value is -0.910. The Bertz CT molecular complexity index is 581. The smallest absolute Gasteiger partial charge is 0.126 e. The normalized spacial score (nSPS) is 15.9. The topological polar surface area (TPSA) is 12.0 Å². The highest BCUT2D eigenvalue weighted by atomic mass is 32.2. The number of rotatable bonds is 3. The van der Waals surface area contributed by atoms with Crippen molar-refractivity contribution < 1.29 is 8.78 Å². The zero-order valence-corrected chi connectivity index (χ0v) is 12.7. The Morgan fingerprint density at radius 3 is 2.55 bits per heavy atom. The first-order chi connectivity index (χ1) is 9.67. The van der Waals surface area contributed by atoms with Crippen LogP contribution in [0.15, 0.2) is 24.3 Å². The van der Waals surface area contributed by atoms with E-state index in [4.69, 9.17) is 0 Å². The van der Waals surface area contributed by atoms with Gasteiger partial charge >= 0.3 is 0 Å². The average Bonchev–Trinajstić information content (AvgIpc) is 2.81. The van der Waals surface area contributed by atoms with Gasteiger partial charge < -0.3 is 5.32 Å². The minimum Gasteiger partial charge on any atom is -0.309 e. The third kappa shape index (κ3) is 2.75. The summed E-state index contributed by atoms with van der Waals surface area (Å²) in [5.41, 5.74) is 2.01. The van der Waals surface area contributed by atoms with Crippen molar-refractivity contribution >= 4 is 23.1 Å². The molecule has 2 aromatic rings. The molecular formula is C15H15F2NS2. The van der Waals surface area contributed by atoms with Crippen LogP contribution in [0.5, 0.6) is 0 Å². The van der Waals surface area contributed by atoms with Gasteiger partial charge in [0.05, 0.1) is 6.04 Å². The van der Waals surface area contributed by atoms with Crippen LogP contribution in [0.2, 0.25) is 0 Å². The number of hydrogen-bond donors (Lipinski definition) is 1. The number of halogens is 2. The molecule has 0 bridgehead atoms. The van der Waals surface area contributed by atoms with E-state index in [-0.39, 0.29) is 6.04 Å². The molecular weight excluding hydrogens is 296 g/mol. The van der Waals surface area contributed by atoms with Crippen LogP contribution in [-0.4, -0.2) is 12.8 Å². The van der Waals surface area contributed by atoms with Crippen molar-refractivity contribution in [2.75, 3.05) is 12.8 Å². The van der Waals surface area contributed by atoms with Crippen LogP contribution in [-0.2, 0) is 12.2 Å². The number of thioether (sulfide) groups is 1. The summed E-state index contributed by atoms with van der Waals surface area (Å²) >= 11 is 3.69. The van der Waals surface area contributed by atoms with Crippen LogP contribution in [0.3, 0.4) is 0 Å². The summed E-state index contributed by atoms with van der Waals surface area (Å²) in [5.74, 6) is 1.14. The summed E-state index contributed by atoms with van der Waals surface area (Å²) in [6, 6.07) is 5.73. The number of thiophene rings is 1. The second-order valence-electron chi connectivity index (χ2n) is 4.82. The Morgan fingerprint density at radius 1 is 1.15 bits per heavy atom. The summed E-state index contributed by atoms with van der Waals surface area (Å²) in [6.45, 7) is 0. The molecule has 1 unspecified atom stereocenters. The van der Waals surface area contributed by atoms with Gasteiger partial charge in [0, 0.05) is 21.6 Å².